The van der Waals surface area contributed by atoms with E-state index in [-0.39, 0.29) is 30.1 Å². The number of Topliss-reactive ketones (excluding diaryl/α,β-unsaturated/α-hetero) is 1. The smallest absolute Gasteiger partial charge is 0.316 e. The molecular weight excluding hydrogens is 308 g/mol. The van der Waals surface area contributed by atoms with E-state index in [2.05, 4.69) is 0 Å². The molecule has 1 N–H and O–H groups in total. The van der Waals surface area contributed by atoms with Crippen molar-refractivity contribution in [3.05, 3.63) is 12.2 Å². The predicted octanol–water partition coefficient (Wildman–Crippen LogP) is 2.36. The standard InChI is InChI=1S/C19H26O5/c1-3-24-16(22)18(9-5-14(20)6-10-18)13-4-8-17(2)15(21)7-11-19(17,23)12-13/h5,9,13,23H,3-4,6-8,10-12H2,1-2H3/t13-,17-,18-,19+/m1/s1. The maximum Gasteiger partial charge on any atom is 0.316 e. The van der Waals surface area contributed by atoms with Crippen LogP contribution in [0.5, 0.6) is 0 Å². The lowest BCUT2D eigenvalue weighted by Gasteiger charge is -2.50. The van der Waals surface area contributed by atoms with E-state index in [1.165, 1.54) is 6.08 Å². The van der Waals surface area contributed by atoms with Gasteiger partial charge in [0.2, 0.25) is 0 Å². The molecule has 0 heterocycles. The Hall–Kier alpha value is -1.49. The molecule has 0 aliphatic heterocycles. The molecule has 24 heavy (non-hydrogen) atoms. The molecule has 3 rings (SSSR count). The summed E-state index contributed by atoms with van der Waals surface area (Å²) in [5, 5.41) is 11.2. The van der Waals surface area contributed by atoms with E-state index >= 15 is 0 Å². The Morgan fingerprint density at radius 3 is 2.67 bits per heavy atom. The Morgan fingerprint density at radius 2 is 2.04 bits per heavy atom. The molecule has 0 aromatic carbocycles. The molecule has 0 amide bonds. The molecule has 0 aromatic heterocycles. The van der Waals surface area contributed by atoms with Crippen molar-refractivity contribution >= 4 is 17.5 Å². The van der Waals surface area contributed by atoms with Gasteiger partial charge >= 0.3 is 5.97 Å². The molecule has 132 valence electrons. The third-order valence-corrected chi connectivity index (χ3v) is 6.72. The number of carbonyl (C=O) groups is 3. The Morgan fingerprint density at radius 1 is 1.29 bits per heavy atom. The van der Waals surface area contributed by atoms with Crippen LogP contribution in [0.4, 0.5) is 0 Å². The number of esters is 1. The van der Waals surface area contributed by atoms with E-state index in [1.54, 1.807) is 13.0 Å². The van der Waals surface area contributed by atoms with Gasteiger partial charge in [0.15, 0.2) is 5.78 Å². The van der Waals surface area contributed by atoms with Crippen LogP contribution in [0, 0.1) is 16.7 Å². The number of aliphatic hydroxyl groups is 1. The first-order valence-corrected chi connectivity index (χ1v) is 8.92. The van der Waals surface area contributed by atoms with Crippen molar-refractivity contribution in [1.29, 1.82) is 0 Å². The second kappa shape index (κ2) is 5.80. The summed E-state index contributed by atoms with van der Waals surface area (Å²) in [5.74, 6) is -0.270. The molecule has 2 saturated carbocycles. The summed E-state index contributed by atoms with van der Waals surface area (Å²) < 4.78 is 5.31. The van der Waals surface area contributed by atoms with Gasteiger partial charge in [-0.1, -0.05) is 6.08 Å². The lowest BCUT2D eigenvalue weighted by atomic mass is 9.55. The molecule has 0 unspecified atom stereocenters. The topological polar surface area (TPSA) is 80.7 Å². The van der Waals surface area contributed by atoms with Crippen LogP contribution in [0.2, 0.25) is 0 Å². The van der Waals surface area contributed by atoms with Crippen LogP contribution in [0.1, 0.15) is 58.8 Å². The van der Waals surface area contributed by atoms with Gasteiger partial charge in [-0.15, -0.1) is 0 Å². The minimum atomic E-state index is -1.05. The van der Waals surface area contributed by atoms with Gasteiger partial charge in [-0.25, -0.2) is 0 Å². The Kier molecular flexibility index (Phi) is 4.19. The Bertz CT molecular complexity index is 609. The fraction of sp³-hybridized carbons (Fsp3) is 0.737. The van der Waals surface area contributed by atoms with Crippen molar-refractivity contribution in [2.24, 2.45) is 16.7 Å². The summed E-state index contributed by atoms with van der Waals surface area (Å²) in [7, 11) is 0. The number of allylic oxidation sites excluding steroid dienone is 1. The van der Waals surface area contributed by atoms with Crippen molar-refractivity contribution in [3.8, 4) is 0 Å². The Balaban J connectivity index is 1.93. The summed E-state index contributed by atoms with van der Waals surface area (Å²) in [4.78, 5) is 36.6. The summed E-state index contributed by atoms with van der Waals surface area (Å²) in [6.07, 6.45) is 6.46. The quantitative estimate of drug-likeness (QED) is 0.801. The lowest BCUT2D eigenvalue weighted by molar-refractivity contribution is -0.166. The van der Waals surface area contributed by atoms with Crippen molar-refractivity contribution in [1.82, 2.24) is 0 Å². The zero-order valence-corrected chi connectivity index (χ0v) is 14.5. The largest absolute Gasteiger partial charge is 0.465 e. The summed E-state index contributed by atoms with van der Waals surface area (Å²) in [6.45, 7) is 3.91. The monoisotopic (exact) mass is 334 g/mol. The number of carbonyl (C=O) groups excluding carboxylic acids is 3. The molecule has 4 atom stereocenters. The number of fused-ring (bicyclic) bond motifs is 1. The number of rotatable bonds is 3. The highest BCUT2D eigenvalue weighted by molar-refractivity contribution is 5.94. The first kappa shape index (κ1) is 17.3. The van der Waals surface area contributed by atoms with Crippen LogP contribution < -0.4 is 0 Å². The number of ketones is 2. The van der Waals surface area contributed by atoms with E-state index in [0.29, 0.717) is 44.9 Å². The molecule has 5 heteroatoms. The molecule has 5 nitrogen and oxygen atoms in total. The molecule has 2 fully saturated rings. The lowest BCUT2D eigenvalue weighted by Crippen LogP contribution is -2.54. The SMILES string of the molecule is CCOC(=O)[C@]1([C@@H]2CC[C@]3(C)C(=O)CC[C@]3(O)C2)C=CC(=O)CC1. The van der Waals surface area contributed by atoms with Crippen LogP contribution in [0.15, 0.2) is 12.2 Å². The van der Waals surface area contributed by atoms with E-state index in [9.17, 15) is 19.5 Å². The zero-order chi connectivity index (χ0) is 17.6. The van der Waals surface area contributed by atoms with Gasteiger partial charge in [-0.2, -0.15) is 0 Å². The van der Waals surface area contributed by atoms with Crippen LogP contribution in [0.3, 0.4) is 0 Å². The van der Waals surface area contributed by atoms with E-state index < -0.39 is 16.4 Å². The third kappa shape index (κ3) is 2.36. The van der Waals surface area contributed by atoms with Crippen molar-refractivity contribution < 1.29 is 24.2 Å². The zero-order valence-electron chi connectivity index (χ0n) is 14.5. The van der Waals surface area contributed by atoms with Crippen LogP contribution in [-0.2, 0) is 19.1 Å². The van der Waals surface area contributed by atoms with Gasteiger partial charge in [0.25, 0.3) is 0 Å². The molecule has 0 aromatic rings. The normalized spacial score (nSPS) is 42.0. The van der Waals surface area contributed by atoms with Gasteiger partial charge in [0.05, 0.1) is 23.0 Å². The minimum absolute atomic E-state index is 0.0188. The number of hydrogen-bond donors (Lipinski definition) is 1. The van der Waals surface area contributed by atoms with E-state index in [4.69, 9.17) is 4.74 Å². The fourth-order valence-corrected chi connectivity index (χ4v) is 4.92. The number of ether oxygens (including phenoxy) is 1. The van der Waals surface area contributed by atoms with Crippen molar-refractivity contribution in [2.75, 3.05) is 6.61 Å². The van der Waals surface area contributed by atoms with E-state index in [1.807, 2.05) is 6.92 Å². The molecule has 0 spiro atoms. The molecule has 3 aliphatic carbocycles. The highest BCUT2D eigenvalue weighted by Crippen LogP contribution is 2.58. The molecule has 3 aliphatic rings. The fourth-order valence-electron chi connectivity index (χ4n) is 4.92. The predicted molar refractivity (Wildman–Crippen MR) is 87.1 cm³/mol. The van der Waals surface area contributed by atoms with Gasteiger partial charge < -0.3 is 9.84 Å². The van der Waals surface area contributed by atoms with Crippen molar-refractivity contribution in [3.63, 3.8) is 0 Å². The summed E-state index contributed by atoms with van der Waals surface area (Å²) in [5.41, 5.74) is -2.61. The van der Waals surface area contributed by atoms with Crippen LogP contribution in [0.25, 0.3) is 0 Å². The first-order chi connectivity index (χ1) is 11.3. The van der Waals surface area contributed by atoms with Gasteiger partial charge in [0.1, 0.15) is 5.78 Å². The van der Waals surface area contributed by atoms with Crippen LogP contribution in [-0.4, -0.2) is 34.9 Å². The van der Waals surface area contributed by atoms with Gasteiger partial charge in [-0.3, -0.25) is 14.4 Å². The van der Waals surface area contributed by atoms with E-state index in [0.717, 1.165) is 0 Å². The maximum atomic E-state index is 12.7. The first-order valence-electron chi connectivity index (χ1n) is 8.92. The number of hydrogen-bond acceptors (Lipinski definition) is 5. The third-order valence-electron chi connectivity index (χ3n) is 6.72. The maximum absolute atomic E-state index is 12.7. The summed E-state index contributed by atoms with van der Waals surface area (Å²) in [6, 6.07) is 0. The van der Waals surface area contributed by atoms with Crippen LogP contribution >= 0.6 is 0 Å². The second-order valence-corrected chi connectivity index (χ2v) is 7.79. The average Bonchev–Trinajstić information content (AvgIpc) is 2.79. The molecular formula is C19H26O5. The second-order valence-electron chi connectivity index (χ2n) is 7.79. The molecule has 0 radical (unpaired) electrons. The molecule has 0 bridgehead atoms. The summed E-state index contributed by atoms with van der Waals surface area (Å²) >= 11 is 0. The van der Waals surface area contributed by atoms with Crippen molar-refractivity contribution in [2.45, 2.75) is 64.4 Å². The average molecular weight is 334 g/mol. The highest BCUT2D eigenvalue weighted by Gasteiger charge is 2.62. The Labute approximate surface area is 142 Å². The molecule has 0 saturated heterocycles. The highest BCUT2D eigenvalue weighted by atomic mass is 16.5. The van der Waals surface area contributed by atoms with Gasteiger partial charge in [0, 0.05) is 12.8 Å². The minimum Gasteiger partial charge on any atom is -0.465 e. The van der Waals surface area contributed by atoms with Gasteiger partial charge in [-0.05, 0) is 57.9 Å².